The fraction of sp³-hybridized carbons (Fsp3) is 0.636. The fourth-order valence-corrected chi connectivity index (χ4v) is 1.52. The van der Waals surface area contributed by atoms with Crippen LogP contribution in [0.1, 0.15) is 6.92 Å². The summed E-state index contributed by atoms with van der Waals surface area (Å²) in [6, 6.07) is 0. The molecular weight excluding hydrogens is 295 g/mol. The smallest absolute Gasteiger partial charge is 0.410 e. The number of carbonyl (C=O) groups is 2. The van der Waals surface area contributed by atoms with E-state index in [2.05, 4.69) is 4.74 Å². The maximum absolute atomic E-state index is 11.6. The molecule has 6 nitrogen and oxygen atoms in total. The largest absolute Gasteiger partial charge is 0.463 e. The van der Waals surface area contributed by atoms with Crippen molar-refractivity contribution < 1.29 is 19.1 Å². The number of alkyl halides is 2. The zero-order valence-electron chi connectivity index (χ0n) is 10.7. The number of nitrogens with zero attached hydrogens (tertiary/aromatic N) is 1. The first-order chi connectivity index (χ1) is 9.04. The summed E-state index contributed by atoms with van der Waals surface area (Å²) in [7, 11) is 0. The molecule has 8 heteroatoms. The number of rotatable bonds is 8. The lowest BCUT2D eigenvalue weighted by Crippen LogP contribution is -2.35. The Kier molecular flexibility index (Phi) is 10.1. The summed E-state index contributed by atoms with van der Waals surface area (Å²) >= 11 is 11.1. The molecular formula is C11H18Cl2N2O4. The highest BCUT2D eigenvalue weighted by atomic mass is 35.5. The van der Waals surface area contributed by atoms with E-state index in [1.54, 1.807) is 6.92 Å². The van der Waals surface area contributed by atoms with E-state index in [4.69, 9.17) is 33.7 Å². The highest BCUT2D eigenvalue weighted by Gasteiger charge is 2.14. The minimum atomic E-state index is -0.582. The minimum Gasteiger partial charge on any atom is -0.463 e. The van der Waals surface area contributed by atoms with Gasteiger partial charge < -0.3 is 20.1 Å². The summed E-state index contributed by atoms with van der Waals surface area (Å²) in [6.45, 7) is 2.39. The molecule has 0 aliphatic carbocycles. The maximum Gasteiger partial charge on any atom is 0.410 e. The van der Waals surface area contributed by atoms with Crippen LogP contribution in [0, 0.1) is 0 Å². The van der Waals surface area contributed by atoms with Crippen molar-refractivity contribution in [1.29, 1.82) is 0 Å². The predicted octanol–water partition coefficient (Wildman–Crippen LogP) is 1.31. The van der Waals surface area contributed by atoms with Crippen molar-refractivity contribution in [2.45, 2.75) is 6.92 Å². The van der Waals surface area contributed by atoms with Crippen molar-refractivity contribution in [3.8, 4) is 0 Å². The molecule has 0 bridgehead atoms. The third-order valence-corrected chi connectivity index (χ3v) is 2.26. The molecule has 0 aliphatic rings. The lowest BCUT2D eigenvalue weighted by molar-refractivity contribution is -0.137. The zero-order valence-corrected chi connectivity index (χ0v) is 12.2. The second-order valence-corrected chi connectivity index (χ2v) is 4.15. The molecule has 0 aliphatic heterocycles. The number of halogens is 2. The zero-order chi connectivity index (χ0) is 14.7. The summed E-state index contributed by atoms with van der Waals surface area (Å²) in [5.41, 5.74) is 5.61. The Bertz CT molecular complexity index is 318. The number of ether oxygens (including phenoxy) is 2. The third kappa shape index (κ3) is 8.56. The van der Waals surface area contributed by atoms with Crippen LogP contribution in [-0.4, -0.2) is 55.0 Å². The Morgan fingerprint density at radius 1 is 1.21 bits per heavy atom. The van der Waals surface area contributed by atoms with Crippen LogP contribution in [0.4, 0.5) is 4.79 Å². The van der Waals surface area contributed by atoms with Gasteiger partial charge in [-0.2, -0.15) is 0 Å². The van der Waals surface area contributed by atoms with Crippen molar-refractivity contribution >= 4 is 35.3 Å². The van der Waals surface area contributed by atoms with Gasteiger partial charge in [-0.1, -0.05) is 0 Å². The van der Waals surface area contributed by atoms with E-state index >= 15 is 0 Å². The number of amides is 1. The van der Waals surface area contributed by atoms with Crippen LogP contribution in [0.25, 0.3) is 0 Å². The van der Waals surface area contributed by atoms with E-state index < -0.39 is 12.1 Å². The summed E-state index contributed by atoms with van der Waals surface area (Å²) < 4.78 is 9.58. The molecule has 0 saturated carbocycles. The molecule has 0 unspecified atom stereocenters. The molecule has 0 aromatic carbocycles. The second-order valence-electron chi connectivity index (χ2n) is 3.39. The first-order valence-corrected chi connectivity index (χ1v) is 6.78. The average molecular weight is 313 g/mol. The standard InChI is InChI=1S/C11H18Cl2N2O4/c1-2-18-10(16)7-9(14)8-19-11(17)15(5-3-12)6-4-13/h7H,2-6,8,14H2,1H3. The first kappa shape index (κ1) is 17.9. The minimum absolute atomic E-state index is 0.100. The van der Waals surface area contributed by atoms with Crippen molar-refractivity contribution in [1.82, 2.24) is 4.90 Å². The molecule has 19 heavy (non-hydrogen) atoms. The van der Waals surface area contributed by atoms with Gasteiger partial charge >= 0.3 is 12.1 Å². The van der Waals surface area contributed by atoms with Gasteiger partial charge in [0.05, 0.1) is 12.3 Å². The molecule has 0 atom stereocenters. The van der Waals surface area contributed by atoms with Crippen molar-refractivity contribution in [2.75, 3.05) is 38.1 Å². The average Bonchev–Trinajstić information content (AvgIpc) is 2.36. The number of nitrogens with two attached hydrogens (primary N) is 1. The van der Waals surface area contributed by atoms with Crippen LogP contribution in [0.2, 0.25) is 0 Å². The Labute approximate surface area is 122 Å². The van der Waals surface area contributed by atoms with Gasteiger partial charge in [0.25, 0.3) is 0 Å². The van der Waals surface area contributed by atoms with Crippen molar-refractivity contribution in [3.63, 3.8) is 0 Å². The van der Waals surface area contributed by atoms with E-state index in [1.807, 2.05) is 0 Å². The van der Waals surface area contributed by atoms with Gasteiger partial charge in [-0.25, -0.2) is 9.59 Å². The molecule has 0 radical (unpaired) electrons. The van der Waals surface area contributed by atoms with E-state index in [-0.39, 0.29) is 30.7 Å². The fourth-order valence-electron chi connectivity index (χ4n) is 1.11. The summed E-state index contributed by atoms with van der Waals surface area (Å²) in [5, 5.41) is 0. The van der Waals surface area contributed by atoms with Gasteiger partial charge in [0.15, 0.2) is 0 Å². The molecule has 1 amide bonds. The van der Waals surface area contributed by atoms with Gasteiger partial charge in [-0.05, 0) is 6.92 Å². The van der Waals surface area contributed by atoms with Crippen LogP contribution >= 0.6 is 23.2 Å². The van der Waals surface area contributed by atoms with Crippen molar-refractivity contribution in [2.24, 2.45) is 5.73 Å². The summed E-state index contributed by atoms with van der Waals surface area (Å²) in [6.07, 6.45) is 0.492. The van der Waals surface area contributed by atoms with Gasteiger partial charge in [-0.15, -0.1) is 23.2 Å². The molecule has 2 N–H and O–H groups in total. The quantitative estimate of drug-likeness (QED) is 0.415. The maximum atomic E-state index is 11.6. The molecule has 0 spiro atoms. The first-order valence-electron chi connectivity index (χ1n) is 5.71. The van der Waals surface area contributed by atoms with Crippen molar-refractivity contribution in [3.05, 3.63) is 11.8 Å². The normalized spacial score (nSPS) is 11.0. The number of hydrogen-bond donors (Lipinski definition) is 1. The lowest BCUT2D eigenvalue weighted by Gasteiger charge is -2.19. The Hall–Kier alpha value is -1.14. The van der Waals surface area contributed by atoms with Crippen LogP contribution in [0.15, 0.2) is 11.8 Å². The Balaban J connectivity index is 4.22. The van der Waals surface area contributed by atoms with Crippen LogP contribution in [0.5, 0.6) is 0 Å². The number of hydrogen-bond acceptors (Lipinski definition) is 5. The van der Waals surface area contributed by atoms with Gasteiger partial charge in [0.1, 0.15) is 6.61 Å². The summed E-state index contributed by atoms with van der Waals surface area (Å²) in [5.74, 6) is -0.0188. The second kappa shape index (κ2) is 10.8. The lowest BCUT2D eigenvalue weighted by atomic mass is 10.4. The van der Waals surface area contributed by atoms with E-state index in [0.717, 1.165) is 6.08 Å². The molecule has 110 valence electrons. The van der Waals surface area contributed by atoms with Crippen LogP contribution < -0.4 is 5.73 Å². The molecule has 0 fully saturated rings. The summed E-state index contributed by atoms with van der Waals surface area (Å²) in [4.78, 5) is 24.1. The Morgan fingerprint density at radius 3 is 2.26 bits per heavy atom. The third-order valence-electron chi connectivity index (χ3n) is 1.92. The van der Waals surface area contributed by atoms with E-state index in [1.165, 1.54) is 4.90 Å². The number of carbonyl (C=O) groups excluding carboxylic acids is 2. The molecule has 0 saturated heterocycles. The highest BCUT2D eigenvalue weighted by molar-refractivity contribution is 6.18. The Morgan fingerprint density at radius 2 is 1.79 bits per heavy atom. The van der Waals surface area contributed by atoms with Gasteiger partial charge in [-0.3, -0.25) is 0 Å². The van der Waals surface area contributed by atoms with Gasteiger partial charge in [0, 0.05) is 30.9 Å². The molecule has 0 rings (SSSR count). The number of esters is 1. The molecule has 0 heterocycles. The molecule has 0 aromatic rings. The predicted molar refractivity (Wildman–Crippen MR) is 73.3 cm³/mol. The highest BCUT2D eigenvalue weighted by Crippen LogP contribution is 1.98. The van der Waals surface area contributed by atoms with Gasteiger partial charge in [0.2, 0.25) is 0 Å². The van der Waals surface area contributed by atoms with E-state index in [9.17, 15) is 9.59 Å². The topological polar surface area (TPSA) is 81.9 Å². The van der Waals surface area contributed by atoms with Crippen LogP contribution in [-0.2, 0) is 14.3 Å². The SMILES string of the molecule is CCOC(=O)C=C(N)COC(=O)N(CCCl)CCCl. The monoisotopic (exact) mass is 312 g/mol. The molecule has 0 aromatic heterocycles. The van der Waals surface area contributed by atoms with E-state index in [0.29, 0.717) is 13.1 Å². The van der Waals surface area contributed by atoms with Crippen LogP contribution in [0.3, 0.4) is 0 Å².